The van der Waals surface area contributed by atoms with E-state index in [1.54, 1.807) is 12.1 Å². The van der Waals surface area contributed by atoms with Gasteiger partial charge in [-0.3, -0.25) is 14.4 Å². The fraction of sp³-hybridized carbons (Fsp3) is 0.238. The number of rotatable bonds is 6. The number of nitrogens with one attached hydrogen (secondary N) is 1. The zero-order valence-corrected chi connectivity index (χ0v) is 16.3. The van der Waals surface area contributed by atoms with Crippen LogP contribution in [0.4, 0.5) is 0 Å². The minimum absolute atomic E-state index is 0.161. The molecule has 0 fully saturated rings. The smallest absolute Gasteiger partial charge is 0.304 e. The van der Waals surface area contributed by atoms with E-state index in [0.717, 1.165) is 15.8 Å². The molecule has 0 spiro atoms. The topological polar surface area (TPSA) is 122 Å². The fourth-order valence-electron chi connectivity index (χ4n) is 3.96. The number of amides is 2. The standard InChI is InChI=1S/C21H19N3O4S/c22-19(27)14-6-3-7-15-18(14)24-16(29-15)11-23-20(28)21(10-17(25)26)8-12-4-1-2-5-13(12)9-21/h1-7H,8-11H2,(H2,22,27)(H,23,28)(H,25,26). The van der Waals surface area contributed by atoms with Crippen LogP contribution in [0.15, 0.2) is 42.5 Å². The fourth-order valence-corrected chi connectivity index (χ4v) is 4.90. The Morgan fingerprint density at radius 2 is 1.79 bits per heavy atom. The number of carbonyl (C=O) groups excluding carboxylic acids is 2. The lowest BCUT2D eigenvalue weighted by Gasteiger charge is -2.25. The van der Waals surface area contributed by atoms with Crippen molar-refractivity contribution in [1.29, 1.82) is 0 Å². The van der Waals surface area contributed by atoms with Crippen LogP contribution in [-0.2, 0) is 29.0 Å². The number of para-hydroxylation sites is 1. The molecule has 2 aromatic carbocycles. The summed E-state index contributed by atoms with van der Waals surface area (Å²) in [5, 5.41) is 12.9. The van der Waals surface area contributed by atoms with E-state index in [0.29, 0.717) is 28.9 Å². The van der Waals surface area contributed by atoms with Crippen LogP contribution in [-0.4, -0.2) is 27.9 Å². The monoisotopic (exact) mass is 409 g/mol. The van der Waals surface area contributed by atoms with Crippen LogP contribution >= 0.6 is 11.3 Å². The van der Waals surface area contributed by atoms with Crippen LogP contribution in [0, 0.1) is 5.41 Å². The average Bonchev–Trinajstić information content (AvgIpc) is 3.26. The Balaban J connectivity index is 1.55. The molecule has 4 rings (SSSR count). The normalized spacial score (nSPS) is 14.5. The van der Waals surface area contributed by atoms with Gasteiger partial charge in [-0.2, -0.15) is 0 Å². The second-order valence-corrected chi connectivity index (χ2v) is 8.40. The molecule has 7 nitrogen and oxygen atoms in total. The van der Waals surface area contributed by atoms with Gasteiger partial charge in [-0.15, -0.1) is 11.3 Å². The van der Waals surface area contributed by atoms with E-state index in [-0.39, 0.29) is 18.9 Å². The predicted octanol–water partition coefficient (Wildman–Crippen LogP) is 2.27. The van der Waals surface area contributed by atoms with Gasteiger partial charge in [0.05, 0.1) is 34.2 Å². The third kappa shape index (κ3) is 3.58. The van der Waals surface area contributed by atoms with Crippen molar-refractivity contribution >= 4 is 39.3 Å². The number of primary amides is 1. The highest BCUT2D eigenvalue weighted by atomic mass is 32.1. The van der Waals surface area contributed by atoms with E-state index in [1.165, 1.54) is 11.3 Å². The molecule has 0 bridgehead atoms. The summed E-state index contributed by atoms with van der Waals surface area (Å²) in [6.07, 6.45) is 0.555. The Morgan fingerprint density at radius 1 is 1.10 bits per heavy atom. The SMILES string of the molecule is NC(=O)c1cccc2sc(CNC(=O)C3(CC(=O)O)Cc4ccccc4C3)nc12. The largest absolute Gasteiger partial charge is 0.481 e. The summed E-state index contributed by atoms with van der Waals surface area (Å²) < 4.78 is 0.805. The van der Waals surface area contributed by atoms with Crippen molar-refractivity contribution in [3.05, 3.63) is 64.2 Å². The van der Waals surface area contributed by atoms with Crippen molar-refractivity contribution in [2.75, 3.05) is 0 Å². The number of nitrogens with two attached hydrogens (primary N) is 1. The van der Waals surface area contributed by atoms with Crippen molar-refractivity contribution in [2.45, 2.75) is 25.8 Å². The number of aliphatic carboxylic acids is 1. The molecule has 1 aliphatic rings. The molecule has 0 saturated heterocycles. The van der Waals surface area contributed by atoms with Crippen molar-refractivity contribution in [3.8, 4) is 0 Å². The van der Waals surface area contributed by atoms with Crippen LogP contribution < -0.4 is 11.1 Å². The Labute approximate surface area is 170 Å². The molecular formula is C21H19N3O4S. The quantitative estimate of drug-likeness (QED) is 0.576. The molecule has 148 valence electrons. The van der Waals surface area contributed by atoms with Crippen LogP contribution in [0.2, 0.25) is 0 Å². The summed E-state index contributed by atoms with van der Waals surface area (Å²) in [6, 6.07) is 12.8. The molecule has 1 aliphatic carbocycles. The number of thiazole rings is 1. The van der Waals surface area contributed by atoms with E-state index in [9.17, 15) is 19.5 Å². The Bertz CT molecular complexity index is 1110. The number of fused-ring (bicyclic) bond motifs is 2. The van der Waals surface area contributed by atoms with E-state index in [2.05, 4.69) is 10.3 Å². The summed E-state index contributed by atoms with van der Waals surface area (Å²) in [7, 11) is 0. The van der Waals surface area contributed by atoms with Crippen molar-refractivity contribution in [2.24, 2.45) is 11.1 Å². The third-order valence-electron chi connectivity index (χ3n) is 5.28. The van der Waals surface area contributed by atoms with Gasteiger partial charge in [0.2, 0.25) is 5.91 Å². The summed E-state index contributed by atoms with van der Waals surface area (Å²) in [5.74, 6) is -1.86. The number of hydrogen-bond acceptors (Lipinski definition) is 5. The molecule has 0 atom stereocenters. The Morgan fingerprint density at radius 3 is 2.41 bits per heavy atom. The molecule has 1 aromatic heterocycles. The van der Waals surface area contributed by atoms with Crippen molar-refractivity contribution in [3.63, 3.8) is 0 Å². The zero-order valence-electron chi connectivity index (χ0n) is 15.5. The number of aromatic nitrogens is 1. The molecule has 29 heavy (non-hydrogen) atoms. The van der Waals surface area contributed by atoms with E-state index >= 15 is 0 Å². The summed E-state index contributed by atoms with van der Waals surface area (Å²) in [6.45, 7) is 0.161. The van der Waals surface area contributed by atoms with E-state index < -0.39 is 17.3 Å². The predicted molar refractivity (Wildman–Crippen MR) is 109 cm³/mol. The lowest BCUT2D eigenvalue weighted by atomic mass is 9.80. The van der Waals surface area contributed by atoms with E-state index in [4.69, 9.17) is 5.73 Å². The van der Waals surface area contributed by atoms with Gasteiger partial charge >= 0.3 is 5.97 Å². The maximum atomic E-state index is 13.1. The number of nitrogens with zero attached hydrogens (tertiary/aromatic N) is 1. The molecule has 0 saturated carbocycles. The molecule has 0 radical (unpaired) electrons. The first-order valence-corrected chi connectivity index (χ1v) is 9.95. The number of benzene rings is 2. The minimum Gasteiger partial charge on any atom is -0.481 e. The Hall–Kier alpha value is -3.26. The molecule has 4 N–H and O–H groups in total. The first-order chi connectivity index (χ1) is 13.9. The number of carboxylic acid groups (broad SMARTS) is 1. The first-order valence-electron chi connectivity index (χ1n) is 9.13. The molecule has 8 heteroatoms. The summed E-state index contributed by atoms with van der Waals surface area (Å²) >= 11 is 1.36. The maximum absolute atomic E-state index is 13.1. The van der Waals surface area contributed by atoms with Gasteiger partial charge in [0.25, 0.3) is 5.91 Å². The van der Waals surface area contributed by atoms with Gasteiger partial charge in [-0.1, -0.05) is 30.3 Å². The second-order valence-electron chi connectivity index (χ2n) is 7.28. The second kappa shape index (κ2) is 7.29. The number of carbonyl (C=O) groups is 3. The van der Waals surface area contributed by atoms with Crippen LogP contribution in [0.25, 0.3) is 10.2 Å². The lowest BCUT2D eigenvalue weighted by Crippen LogP contribution is -2.43. The Kier molecular flexibility index (Phi) is 4.79. The first kappa shape index (κ1) is 19.1. The highest BCUT2D eigenvalue weighted by Gasteiger charge is 2.45. The van der Waals surface area contributed by atoms with Crippen LogP contribution in [0.3, 0.4) is 0 Å². The van der Waals surface area contributed by atoms with Crippen LogP contribution in [0.1, 0.15) is 32.9 Å². The van der Waals surface area contributed by atoms with Gasteiger partial charge in [-0.25, -0.2) is 4.98 Å². The molecule has 0 unspecified atom stereocenters. The van der Waals surface area contributed by atoms with Gasteiger partial charge in [0.15, 0.2) is 0 Å². The van der Waals surface area contributed by atoms with Gasteiger partial charge < -0.3 is 16.2 Å². The van der Waals surface area contributed by atoms with Crippen LogP contribution in [0.5, 0.6) is 0 Å². The summed E-state index contributed by atoms with van der Waals surface area (Å²) in [4.78, 5) is 40.6. The lowest BCUT2D eigenvalue weighted by molar-refractivity contribution is -0.145. The number of hydrogen-bond donors (Lipinski definition) is 3. The minimum atomic E-state index is -1.01. The van der Waals surface area contributed by atoms with Gasteiger partial charge in [-0.05, 0) is 36.1 Å². The van der Waals surface area contributed by atoms with Crippen molar-refractivity contribution < 1.29 is 19.5 Å². The molecule has 3 aromatic rings. The number of carboxylic acids is 1. The maximum Gasteiger partial charge on any atom is 0.304 e. The molecular weight excluding hydrogens is 390 g/mol. The molecule has 1 heterocycles. The zero-order chi connectivity index (χ0) is 20.6. The third-order valence-corrected chi connectivity index (χ3v) is 6.30. The van der Waals surface area contributed by atoms with E-state index in [1.807, 2.05) is 30.3 Å². The average molecular weight is 409 g/mol. The molecule has 2 amide bonds. The highest BCUT2D eigenvalue weighted by Crippen LogP contribution is 2.40. The highest BCUT2D eigenvalue weighted by molar-refractivity contribution is 7.18. The summed E-state index contributed by atoms with van der Waals surface area (Å²) in [5.41, 5.74) is 7.26. The van der Waals surface area contributed by atoms with Gasteiger partial charge in [0, 0.05) is 0 Å². The molecule has 0 aliphatic heterocycles. The van der Waals surface area contributed by atoms with Crippen molar-refractivity contribution in [1.82, 2.24) is 10.3 Å². The van der Waals surface area contributed by atoms with Gasteiger partial charge in [0.1, 0.15) is 5.01 Å².